The molecular weight excluding hydrogens is 494 g/mol. The summed E-state index contributed by atoms with van der Waals surface area (Å²) in [5.41, 5.74) is 2.44. The second-order valence-corrected chi connectivity index (χ2v) is 10.5. The highest BCUT2D eigenvalue weighted by molar-refractivity contribution is 7.89. The van der Waals surface area contributed by atoms with E-state index in [1.165, 1.54) is 13.2 Å². The van der Waals surface area contributed by atoms with Crippen molar-refractivity contribution < 1.29 is 27.9 Å². The van der Waals surface area contributed by atoms with E-state index in [1.807, 2.05) is 13.8 Å². The summed E-state index contributed by atoms with van der Waals surface area (Å²) in [6, 6.07) is 19.0. The number of amides is 2. The summed E-state index contributed by atoms with van der Waals surface area (Å²) in [5.74, 6) is -0.683. The first-order chi connectivity index (χ1) is 17.6. The predicted octanol–water partition coefficient (Wildman–Crippen LogP) is 4.63. The van der Waals surface area contributed by atoms with Crippen molar-refractivity contribution in [2.75, 3.05) is 19.0 Å². The molecule has 3 aromatic carbocycles. The molecule has 1 atom stereocenters. The lowest BCUT2D eigenvalue weighted by atomic mass is 10.1. The molecule has 9 nitrogen and oxygen atoms in total. The van der Waals surface area contributed by atoms with Gasteiger partial charge in [-0.05, 0) is 46.9 Å². The summed E-state index contributed by atoms with van der Waals surface area (Å²) in [6.45, 7) is 4.56. The Bertz CT molecular complexity index is 1330. The van der Waals surface area contributed by atoms with Gasteiger partial charge in [0.05, 0.1) is 19.6 Å². The lowest BCUT2D eigenvalue weighted by molar-refractivity contribution is -0.137. The first-order valence-corrected chi connectivity index (χ1v) is 13.2. The van der Waals surface area contributed by atoms with Gasteiger partial charge in [-0.15, -0.1) is 0 Å². The van der Waals surface area contributed by atoms with Crippen LogP contribution in [0.3, 0.4) is 0 Å². The Kier molecular flexibility index (Phi) is 9.26. The molecule has 0 bridgehead atoms. The molecule has 0 aromatic heterocycles. The average molecular weight is 526 g/mol. The monoisotopic (exact) mass is 525 g/mol. The van der Waals surface area contributed by atoms with E-state index >= 15 is 0 Å². The van der Waals surface area contributed by atoms with E-state index in [2.05, 4.69) is 15.4 Å². The third-order valence-electron chi connectivity index (χ3n) is 5.48. The topological polar surface area (TPSA) is 134 Å². The molecule has 3 aromatic rings. The molecule has 4 N–H and O–H groups in total. The molecule has 0 spiro atoms. The fourth-order valence-electron chi connectivity index (χ4n) is 3.62. The normalized spacial score (nSPS) is 12.1. The number of anilines is 1. The van der Waals surface area contributed by atoms with E-state index in [4.69, 9.17) is 4.74 Å². The number of rotatable bonds is 11. The molecule has 0 aliphatic rings. The number of hydrogen-bond acceptors (Lipinski definition) is 5. The number of urea groups is 1. The third-order valence-corrected chi connectivity index (χ3v) is 6.97. The highest BCUT2D eigenvalue weighted by Gasteiger charge is 2.26. The first-order valence-electron chi connectivity index (χ1n) is 11.7. The van der Waals surface area contributed by atoms with Gasteiger partial charge in [0.2, 0.25) is 10.0 Å². The molecule has 196 valence electrons. The number of aliphatic carboxylic acids is 1. The minimum absolute atomic E-state index is 0.117. The Balaban J connectivity index is 1.86. The molecule has 0 radical (unpaired) electrons. The predicted molar refractivity (Wildman–Crippen MR) is 142 cm³/mol. The molecule has 1 unspecified atom stereocenters. The van der Waals surface area contributed by atoms with Crippen molar-refractivity contribution in [3.8, 4) is 16.9 Å². The van der Waals surface area contributed by atoms with Crippen LogP contribution in [0.2, 0.25) is 0 Å². The van der Waals surface area contributed by atoms with E-state index in [9.17, 15) is 23.1 Å². The molecule has 10 heteroatoms. The van der Waals surface area contributed by atoms with Gasteiger partial charge in [0, 0.05) is 12.2 Å². The van der Waals surface area contributed by atoms with Crippen LogP contribution in [0.15, 0.2) is 77.7 Å². The van der Waals surface area contributed by atoms with Gasteiger partial charge in [0.25, 0.3) is 0 Å². The summed E-state index contributed by atoms with van der Waals surface area (Å²) in [6.07, 6.45) is -0.426. The number of methoxy groups -OCH3 is 1. The second-order valence-electron chi connectivity index (χ2n) is 8.85. The molecule has 3 rings (SSSR count). The van der Waals surface area contributed by atoms with Crippen LogP contribution >= 0.6 is 0 Å². The summed E-state index contributed by atoms with van der Waals surface area (Å²) in [5, 5.41) is 14.9. The fourth-order valence-corrected chi connectivity index (χ4v) is 5.04. The standard InChI is InChI=1S/C27H31N3O6S/c1-18(2)17-28-27(33)29-22-12-9-19(10-13-22)21-11-14-24(36-3)25(15-21)37(34,35)30-23(16-26(31)32)20-7-5-4-6-8-20/h4-15,18,23,30H,16-17H2,1-3H3,(H,31,32)(H2,28,29,33). The van der Waals surface area contributed by atoms with Crippen molar-refractivity contribution in [3.63, 3.8) is 0 Å². The second kappa shape index (κ2) is 12.4. The van der Waals surface area contributed by atoms with Crippen LogP contribution in [0.4, 0.5) is 10.5 Å². The Hall–Kier alpha value is -3.89. The highest BCUT2D eigenvalue weighted by atomic mass is 32.2. The molecule has 2 amide bonds. The van der Waals surface area contributed by atoms with E-state index in [1.54, 1.807) is 66.7 Å². The van der Waals surface area contributed by atoms with Gasteiger partial charge < -0.3 is 20.5 Å². The van der Waals surface area contributed by atoms with Crippen molar-refractivity contribution in [2.24, 2.45) is 5.92 Å². The SMILES string of the molecule is COc1ccc(-c2ccc(NC(=O)NCC(C)C)cc2)cc1S(=O)(=O)NC(CC(=O)O)c1ccccc1. The molecule has 0 aliphatic carbocycles. The van der Waals surface area contributed by atoms with Crippen molar-refractivity contribution in [3.05, 3.63) is 78.4 Å². The van der Waals surface area contributed by atoms with E-state index in [0.717, 1.165) is 5.56 Å². The highest BCUT2D eigenvalue weighted by Crippen LogP contribution is 2.32. The van der Waals surface area contributed by atoms with Crippen LogP contribution in [0.25, 0.3) is 11.1 Å². The van der Waals surface area contributed by atoms with Crippen LogP contribution in [-0.2, 0) is 14.8 Å². The average Bonchev–Trinajstić information content (AvgIpc) is 2.87. The fraction of sp³-hybridized carbons (Fsp3) is 0.259. The molecule has 0 saturated heterocycles. The molecular formula is C27H31N3O6S. The summed E-state index contributed by atoms with van der Waals surface area (Å²) in [7, 11) is -2.80. The van der Waals surface area contributed by atoms with Crippen molar-refractivity contribution >= 4 is 27.7 Å². The molecule has 0 heterocycles. The van der Waals surface area contributed by atoms with Crippen LogP contribution in [0.1, 0.15) is 31.9 Å². The third kappa shape index (κ3) is 7.80. The Morgan fingerprint density at radius 2 is 1.59 bits per heavy atom. The van der Waals surface area contributed by atoms with Crippen LogP contribution in [0.5, 0.6) is 5.75 Å². The Morgan fingerprint density at radius 3 is 2.19 bits per heavy atom. The number of ether oxygens (including phenoxy) is 1. The number of carbonyl (C=O) groups is 2. The Morgan fingerprint density at radius 1 is 0.946 bits per heavy atom. The van der Waals surface area contributed by atoms with Gasteiger partial charge in [-0.2, -0.15) is 0 Å². The maximum Gasteiger partial charge on any atom is 0.319 e. The molecule has 0 fully saturated rings. The Labute approximate surface area is 216 Å². The zero-order chi connectivity index (χ0) is 27.0. The van der Waals surface area contributed by atoms with E-state index in [-0.39, 0.29) is 16.7 Å². The number of carboxylic acids is 1. The summed E-state index contributed by atoms with van der Waals surface area (Å²) >= 11 is 0. The minimum Gasteiger partial charge on any atom is -0.495 e. The zero-order valence-corrected chi connectivity index (χ0v) is 21.7. The van der Waals surface area contributed by atoms with Crippen molar-refractivity contribution in [1.29, 1.82) is 0 Å². The van der Waals surface area contributed by atoms with Crippen molar-refractivity contribution in [1.82, 2.24) is 10.0 Å². The lowest BCUT2D eigenvalue weighted by Gasteiger charge is -2.19. The zero-order valence-electron chi connectivity index (χ0n) is 20.9. The molecule has 0 saturated carbocycles. The van der Waals surface area contributed by atoms with Gasteiger partial charge in [-0.25, -0.2) is 17.9 Å². The van der Waals surface area contributed by atoms with Gasteiger partial charge in [-0.3, -0.25) is 4.79 Å². The number of hydrogen-bond donors (Lipinski definition) is 4. The number of sulfonamides is 1. The maximum atomic E-state index is 13.4. The van der Waals surface area contributed by atoms with E-state index in [0.29, 0.717) is 29.3 Å². The number of nitrogens with one attached hydrogen (secondary N) is 3. The van der Waals surface area contributed by atoms with Crippen LogP contribution in [-0.4, -0.2) is 39.2 Å². The first kappa shape index (κ1) is 27.7. The van der Waals surface area contributed by atoms with Crippen LogP contribution < -0.4 is 20.1 Å². The smallest absolute Gasteiger partial charge is 0.319 e. The lowest BCUT2D eigenvalue weighted by Crippen LogP contribution is -2.31. The summed E-state index contributed by atoms with van der Waals surface area (Å²) in [4.78, 5) is 23.3. The maximum absolute atomic E-state index is 13.4. The van der Waals surface area contributed by atoms with Crippen molar-refractivity contribution in [2.45, 2.75) is 31.2 Å². The molecule has 37 heavy (non-hydrogen) atoms. The molecule has 0 aliphatic heterocycles. The van der Waals surface area contributed by atoms with Crippen LogP contribution in [0, 0.1) is 5.92 Å². The number of carbonyl (C=O) groups excluding carboxylic acids is 1. The quantitative estimate of drug-likeness (QED) is 0.288. The minimum atomic E-state index is -4.17. The van der Waals surface area contributed by atoms with Gasteiger partial charge in [-0.1, -0.05) is 62.4 Å². The van der Waals surface area contributed by atoms with E-state index < -0.39 is 28.5 Å². The summed E-state index contributed by atoms with van der Waals surface area (Å²) < 4.78 is 34.6. The number of carboxylic acid groups (broad SMARTS) is 1. The van der Waals surface area contributed by atoms with Gasteiger partial charge >= 0.3 is 12.0 Å². The van der Waals surface area contributed by atoms with Gasteiger partial charge in [0.15, 0.2) is 0 Å². The number of benzene rings is 3. The largest absolute Gasteiger partial charge is 0.495 e. The van der Waals surface area contributed by atoms with Gasteiger partial charge in [0.1, 0.15) is 10.6 Å².